The number of hydrogen-bond acceptors (Lipinski definition) is 9. The van der Waals surface area contributed by atoms with Gasteiger partial charge in [-0.3, -0.25) is 0 Å². The second-order valence-corrected chi connectivity index (χ2v) is 13.7. The first-order valence-electron chi connectivity index (χ1n) is 9.99. The van der Waals surface area contributed by atoms with Gasteiger partial charge in [0.05, 0.1) is 19.8 Å². The Morgan fingerprint density at radius 2 is 1.50 bits per heavy atom. The highest BCUT2D eigenvalue weighted by molar-refractivity contribution is 6.65. The van der Waals surface area contributed by atoms with Crippen molar-refractivity contribution in [2.45, 2.75) is 44.5 Å². The Morgan fingerprint density at radius 3 is 1.93 bits per heavy atom. The van der Waals surface area contributed by atoms with E-state index in [2.05, 4.69) is 13.1 Å². The molecule has 0 bridgehead atoms. The fraction of sp³-hybridized carbons (Fsp3) is 0.842. The third-order valence-electron chi connectivity index (χ3n) is 4.63. The standard InChI is InChI=1S/C10H20O5Si.C9H20O4Si/c1-9(2)10(11)15-7-6-8-16(12-3,13-4)14-5;1-10-14(3,11-2)6-4-5-12-7-9-8-13-9/h1,6-8H2,2-5H3;9H,4-8H2,1-3H3. The molecule has 0 spiro atoms. The third-order valence-corrected chi connectivity index (χ3v) is 10.5. The van der Waals surface area contributed by atoms with E-state index < -0.39 is 17.4 Å². The van der Waals surface area contributed by atoms with E-state index in [4.69, 9.17) is 36.3 Å². The number of hydrogen-bond donors (Lipinski definition) is 0. The van der Waals surface area contributed by atoms with Crippen LogP contribution in [-0.4, -0.2) is 91.4 Å². The van der Waals surface area contributed by atoms with Gasteiger partial charge in [-0.1, -0.05) is 6.58 Å². The van der Waals surface area contributed by atoms with Crippen LogP contribution in [0, 0.1) is 0 Å². The molecule has 1 saturated heterocycles. The molecule has 1 atom stereocenters. The van der Waals surface area contributed by atoms with Gasteiger partial charge in [0.2, 0.25) is 0 Å². The zero-order chi connectivity index (χ0) is 23.0. The average Bonchev–Trinajstić information content (AvgIpc) is 3.58. The first-order valence-corrected chi connectivity index (χ1v) is 14.4. The van der Waals surface area contributed by atoms with Gasteiger partial charge in [0.15, 0.2) is 0 Å². The van der Waals surface area contributed by atoms with Crippen LogP contribution >= 0.6 is 0 Å². The molecule has 1 aliphatic heterocycles. The lowest BCUT2D eigenvalue weighted by Gasteiger charge is -2.24. The summed E-state index contributed by atoms with van der Waals surface area (Å²) in [5.74, 6) is -0.375. The van der Waals surface area contributed by atoms with Gasteiger partial charge < -0.3 is 36.3 Å². The molecular formula is C19H40O9Si2. The molecule has 0 saturated carbocycles. The largest absolute Gasteiger partial charge is 0.500 e. The highest BCUT2D eigenvalue weighted by Crippen LogP contribution is 2.15. The molecule has 1 heterocycles. The maximum atomic E-state index is 11.1. The van der Waals surface area contributed by atoms with Gasteiger partial charge in [0, 0.05) is 53.8 Å². The van der Waals surface area contributed by atoms with Crippen LogP contribution in [-0.2, 0) is 41.1 Å². The van der Waals surface area contributed by atoms with Gasteiger partial charge in [0.25, 0.3) is 0 Å². The van der Waals surface area contributed by atoms with Crippen molar-refractivity contribution >= 4 is 23.3 Å². The molecule has 0 radical (unpaired) electrons. The van der Waals surface area contributed by atoms with Crippen LogP contribution in [0.15, 0.2) is 12.2 Å². The summed E-state index contributed by atoms with van der Waals surface area (Å²) in [5.41, 5.74) is 0.397. The summed E-state index contributed by atoms with van der Waals surface area (Å²) in [5, 5.41) is 0. The van der Waals surface area contributed by atoms with E-state index in [1.807, 2.05) is 0 Å². The van der Waals surface area contributed by atoms with E-state index in [1.165, 1.54) is 0 Å². The summed E-state index contributed by atoms with van der Waals surface area (Å²) in [7, 11) is 3.70. The second-order valence-electron chi connectivity index (χ2n) is 6.99. The van der Waals surface area contributed by atoms with E-state index in [9.17, 15) is 4.79 Å². The van der Waals surface area contributed by atoms with Crippen molar-refractivity contribution in [1.82, 2.24) is 0 Å². The van der Waals surface area contributed by atoms with Crippen LogP contribution in [0.1, 0.15) is 19.8 Å². The van der Waals surface area contributed by atoms with Crippen molar-refractivity contribution in [3.05, 3.63) is 12.2 Å². The predicted octanol–water partition coefficient (Wildman–Crippen LogP) is 2.53. The topological polar surface area (TPSA) is 94.2 Å². The van der Waals surface area contributed by atoms with Gasteiger partial charge in [-0.05, 0) is 32.4 Å². The number of esters is 1. The Hall–Kier alpha value is -0.636. The number of ether oxygens (including phenoxy) is 3. The molecule has 0 aromatic heterocycles. The van der Waals surface area contributed by atoms with Crippen molar-refractivity contribution in [3.63, 3.8) is 0 Å². The maximum Gasteiger partial charge on any atom is 0.500 e. The van der Waals surface area contributed by atoms with Crippen molar-refractivity contribution < 1.29 is 41.1 Å². The number of carbonyl (C=O) groups excluding carboxylic acids is 1. The average molecular weight is 469 g/mol. The van der Waals surface area contributed by atoms with Crippen LogP contribution in [0.2, 0.25) is 18.6 Å². The van der Waals surface area contributed by atoms with E-state index in [0.717, 1.165) is 32.3 Å². The molecule has 11 heteroatoms. The van der Waals surface area contributed by atoms with Crippen molar-refractivity contribution in [3.8, 4) is 0 Å². The summed E-state index contributed by atoms with van der Waals surface area (Å²) in [4.78, 5) is 11.1. The van der Waals surface area contributed by atoms with Crippen molar-refractivity contribution in [2.24, 2.45) is 0 Å². The van der Waals surface area contributed by atoms with Crippen LogP contribution in [0.25, 0.3) is 0 Å². The van der Waals surface area contributed by atoms with Gasteiger partial charge in [-0.25, -0.2) is 4.79 Å². The SMILES string of the molecule is C=C(C)C(=O)OCCC[Si](OC)(OC)OC.CO[Si](C)(CCCOCC1CO1)OC. The molecular weight excluding hydrogens is 428 g/mol. The molecule has 0 N–H and O–H groups in total. The molecule has 1 aliphatic rings. The van der Waals surface area contributed by atoms with E-state index in [1.54, 1.807) is 42.5 Å². The Labute approximate surface area is 183 Å². The molecule has 0 aromatic rings. The lowest BCUT2D eigenvalue weighted by molar-refractivity contribution is -0.139. The second kappa shape index (κ2) is 16.1. The van der Waals surface area contributed by atoms with Crippen molar-refractivity contribution in [2.75, 3.05) is 62.0 Å². The first kappa shape index (κ1) is 29.4. The lowest BCUT2D eigenvalue weighted by atomic mass is 10.4. The molecule has 1 fully saturated rings. The van der Waals surface area contributed by atoms with Crippen molar-refractivity contribution in [1.29, 1.82) is 0 Å². The van der Waals surface area contributed by atoms with Crippen LogP contribution in [0.4, 0.5) is 0 Å². The summed E-state index contributed by atoms with van der Waals surface area (Å²) < 4.78 is 41.8. The molecule has 30 heavy (non-hydrogen) atoms. The molecule has 9 nitrogen and oxygen atoms in total. The minimum absolute atomic E-state index is 0.316. The molecule has 0 aliphatic carbocycles. The number of epoxide rings is 1. The zero-order valence-electron chi connectivity index (χ0n) is 19.6. The fourth-order valence-corrected chi connectivity index (χ4v) is 5.35. The highest BCUT2D eigenvalue weighted by atomic mass is 28.4. The number of rotatable bonds is 16. The smallest absolute Gasteiger partial charge is 0.462 e. The Bertz CT molecular complexity index is 470. The van der Waals surface area contributed by atoms with Crippen LogP contribution in [0.3, 0.4) is 0 Å². The van der Waals surface area contributed by atoms with Crippen LogP contribution in [0.5, 0.6) is 0 Å². The maximum absolute atomic E-state index is 11.1. The number of carbonyl (C=O) groups is 1. The monoisotopic (exact) mass is 468 g/mol. The van der Waals surface area contributed by atoms with Gasteiger partial charge in [-0.2, -0.15) is 0 Å². The third kappa shape index (κ3) is 12.9. The molecule has 1 unspecified atom stereocenters. The Kier molecular flexibility index (Phi) is 15.7. The van der Waals surface area contributed by atoms with E-state index in [0.29, 0.717) is 30.7 Å². The van der Waals surface area contributed by atoms with E-state index >= 15 is 0 Å². The predicted molar refractivity (Wildman–Crippen MR) is 118 cm³/mol. The lowest BCUT2D eigenvalue weighted by Crippen LogP contribution is -2.42. The minimum Gasteiger partial charge on any atom is -0.462 e. The molecule has 178 valence electrons. The zero-order valence-corrected chi connectivity index (χ0v) is 21.6. The molecule has 1 rings (SSSR count). The summed E-state index contributed by atoms with van der Waals surface area (Å²) in [6, 6.07) is 1.59. The van der Waals surface area contributed by atoms with Gasteiger partial charge in [-0.15, -0.1) is 0 Å². The summed E-state index contributed by atoms with van der Waals surface area (Å²) in [6.45, 7) is 9.86. The van der Waals surface area contributed by atoms with Gasteiger partial charge >= 0.3 is 23.3 Å². The summed E-state index contributed by atoms with van der Waals surface area (Å²) in [6.07, 6.45) is 2.00. The molecule has 0 aromatic carbocycles. The highest BCUT2D eigenvalue weighted by Gasteiger charge is 2.37. The fourth-order valence-electron chi connectivity index (χ4n) is 2.29. The van der Waals surface area contributed by atoms with Crippen LogP contribution < -0.4 is 0 Å². The van der Waals surface area contributed by atoms with Gasteiger partial charge in [0.1, 0.15) is 6.10 Å². The first-order chi connectivity index (χ1) is 14.2. The Balaban J connectivity index is 0.000000564. The quantitative estimate of drug-likeness (QED) is 0.111. The normalized spacial score (nSPS) is 15.9. The minimum atomic E-state index is -2.53. The Morgan fingerprint density at radius 1 is 0.967 bits per heavy atom. The van der Waals surface area contributed by atoms with E-state index in [-0.39, 0.29) is 5.97 Å². The molecule has 0 amide bonds. The summed E-state index contributed by atoms with van der Waals surface area (Å²) >= 11 is 0.